The van der Waals surface area contributed by atoms with Gasteiger partial charge >= 0.3 is 7.60 Å². The summed E-state index contributed by atoms with van der Waals surface area (Å²) in [5.41, 5.74) is 12.4. The zero-order valence-electron chi connectivity index (χ0n) is 24.1. The largest absolute Gasteiger partial charge is 0.497 e. The van der Waals surface area contributed by atoms with Crippen molar-refractivity contribution in [3.8, 4) is 5.75 Å². The molecule has 1 rings (SSSR count). The molecular weight excluding hydrogens is 584 g/mol. The third-order valence-corrected chi connectivity index (χ3v) is 7.93. The molecule has 1 aromatic rings. The smallest absolute Gasteiger partial charge is 0.332 e. The molecule has 12 heteroatoms. The van der Waals surface area contributed by atoms with Crippen molar-refractivity contribution < 1.29 is 23.1 Å². The molecular formula is C27H55Cl3N3O5P. The number of ether oxygens (including phenoxy) is 2. The van der Waals surface area contributed by atoms with Crippen molar-refractivity contribution in [2.24, 2.45) is 11.5 Å². The first kappa shape index (κ1) is 43.3. The van der Waals surface area contributed by atoms with Crippen molar-refractivity contribution in [2.45, 2.75) is 71.3 Å². The molecule has 0 aliphatic carbocycles. The van der Waals surface area contributed by atoms with E-state index in [1.54, 1.807) is 7.11 Å². The van der Waals surface area contributed by atoms with Gasteiger partial charge < -0.3 is 34.9 Å². The van der Waals surface area contributed by atoms with E-state index in [0.717, 1.165) is 50.1 Å². The molecule has 0 saturated heterocycles. The van der Waals surface area contributed by atoms with Crippen molar-refractivity contribution in [1.29, 1.82) is 0 Å². The van der Waals surface area contributed by atoms with Gasteiger partial charge in [-0.3, -0.25) is 4.57 Å². The fourth-order valence-corrected chi connectivity index (χ4v) is 5.43. The number of halogens is 3. The Balaban J connectivity index is -0.00000432. The van der Waals surface area contributed by atoms with Gasteiger partial charge in [-0.25, -0.2) is 0 Å². The maximum atomic E-state index is 13.6. The second kappa shape index (κ2) is 29.4. The maximum absolute atomic E-state index is 13.6. The number of nitrogens with two attached hydrogens (primary N) is 2. The first-order chi connectivity index (χ1) is 17.6. The molecule has 1 atom stereocenters. The molecule has 0 aliphatic heterocycles. The molecule has 0 fully saturated rings. The summed E-state index contributed by atoms with van der Waals surface area (Å²) < 4.78 is 36.2. The highest BCUT2D eigenvalue weighted by Crippen LogP contribution is 2.48. The highest BCUT2D eigenvalue weighted by molar-refractivity contribution is 7.53. The highest BCUT2D eigenvalue weighted by atomic mass is 35.5. The molecule has 0 aliphatic rings. The number of hydrogen-bond acceptors (Lipinski definition) is 8. The number of rotatable bonds is 25. The topological polar surface area (TPSA) is 109 Å². The van der Waals surface area contributed by atoms with E-state index in [0.29, 0.717) is 45.6 Å². The first-order valence-electron chi connectivity index (χ1n) is 13.8. The maximum Gasteiger partial charge on any atom is 0.332 e. The number of methoxy groups -OCH3 is 1. The summed E-state index contributed by atoms with van der Waals surface area (Å²) in [5.74, 6) is 0.813. The average molecular weight is 639 g/mol. The molecule has 0 saturated carbocycles. The van der Waals surface area contributed by atoms with Gasteiger partial charge in [-0.15, -0.1) is 37.2 Å². The van der Waals surface area contributed by atoms with Gasteiger partial charge in [0, 0.05) is 6.54 Å². The summed E-state index contributed by atoms with van der Waals surface area (Å²) >= 11 is 0. The van der Waals surface area contributed by atoms with Crippen LogP contribution in [0.3, 0.4) is 0 Å². The summed E-state index contributed by atoms with van der Waals surface area (Å²) in [4.78, 5) is 2.26. The first-order valence-corrected chi connectivity index (χ1v) is 15.5. The average Bonchev–Trinajstić information content (AvgIpc) is 2.90. The Morgan fingerprint density at radius 1 is 0.744 bits per heavy atom. The fourth-order valence-electron chi connectivity index (χ4n) is 3.81. The zero-order chi connectivity index (χ0) is 26.3. The van der Waals surface area contributed by atoms with E-state index in [9.17, 15) is 4.57 Å². The van der Waals surface area contributed by atoms with Crippen molar-refractivity contribution in [3.63, 3.8) is 0 Å². The van der Waals surface area contributed by atoms with E-state index >= 15 is 0 Å². The van der Waals surface area contributed by atoms with E-state index < -0.39 is 7.60 Å². The molecule has 234 valence electrons. The third kappa shape index (κ3) is 23.2. The van der Waals surface area contributed by atoms with Crippen LogP contribution >= 0.6 is 44.8 Å². The lowest BCUT2D eigenvalue weighted by atomic mass is 10.1. The second-order valence-electron chi connectivity index (χ2n) is 9.15. The van der Waals surface area contributed by atoms with Crippen LogP contribution in [0.1, 0.15) is 70.3 Å². The molecule has 4 N–H and O–H groups in total. The molecule has 0 radical (unpaired) electrons. The lowest BCUT2D eigenvalue weighted by molar-refractivity contribution is 0.0799. The van der Waals surface area contributed by atoms with Crippen molar-refractivity contribution in [2.75, 3.05) is 65.8 Å². The Labute approximate surface area is 256 Å². The van der Waals surface area contributed by atoms with Crippen molar-refractivity contribution in [3.05, 3.63) is 29.8 Å². The zero-order valence-corrected chi connectivity index (χ0v) is 27.4. The Bertz CT molecular complexity index is 685. The van der Waals surface area contributed by atoms with Gasteiger partial charge in [0.2, 0.25) is 0 Å². The van der Waals surface area contributed by atoms with Crippen LogP contribution in [0.4, 0.5) is 0 Å². The van der Waals surface area contributed by atoms with E-state index in [2.05, 4.69) is 11.8 Å². The Morgan fingerprint density at radius 3 is 1.87 bits per heavy atom. The van der Waals surface area contributed by atoms with Crippen LogP contribution in [-0.4, -0.2) is 70.7 Å². The minimum atomic E-state index is -3.23. The Hall–Kier alpha value is -0.120. The summed E-state index contributed by atoms with van der Waals surface area (Å²) in [6.45, 7) is 7.35. The predicted molar refractivity (Wildman–Crippen MR) is 171 cm³/mol. The molecule has 0 bridgehead atoms. The quantitative estimate of drug-likeness (QED) is 0.0929. The molecule has 0 spiro atoms. The summed E-state index contributed by atoms with van der Waals surface area (Å²) in [5, 5.41) is 0. The number of hydrogen-bond donors (Lipinski definition) is 2. The Kier molecular flexibility index (Phi) is 32.6. The number of unbranched alkanes of at least 4 members (excludes halogenated alkanes) is 6. The number of nitrogens with zero attached hydrogens (tertiary/aromatic N) is 1. The summed E-state index contributed by atoms with van der Waals surface area (Å²) in [6, 6.07) is 7.74. The van der Waals surface area contributed by atoms with Crippen LogP contribution in [0.5, 0.6) is 5.75 Å². The number of benzene rings is 1. The molecule has 0 heterocycles. The van der Waals surface area contributed by atoms with Crippen LogP contribution in [0.25, 0.3) is 0 Å². The molecule has 8 nitrogen and oxygen atoms in total. The van der Waals surface area contributed by atoms with Gasteiger partial charge in [-0.2, -0.15) is 0 Å². The van der Waals surface area contributed by atoms with Crippen molar-refractivity contribution >= 4 is 44.8 Å². The fraction of sp³-hybridized carbons (Fsp3) is 0.778. The lowest BCUT2D eigenvalue weighted by Crippen LogP contribution is -2.31. The minimum absolute atomic E-state index is 0. The Morgan fingerprint density at radius 2 is 1.31 bits per heavy atom. The van der Waals surface area contributed by atoms with Crippen LogP contribution in [0.15, 0.2) is 24.3 Å². The predicted octanol–water partition coefficient (Wildman–Crippen LogP) is 6.45. The standard InChI is InChI=1S/C27H52N3O5P.3ClH/c1-3-4-5-6-7-8-9-21-34-36(31,24-20-30(18-10-16-28)19-11-17-29)35-23-22-33-25-26-12-14-27(32-2)15-13-26;;;/h12-15H,3-11,16-25,28-29H2,1-2H3;3*1H. The SMILES string of the molecule is CCCCCCCCCOP(=O)(CCN(CCCN)CCCN)OCCOCc1ccc(OC)cc1.Cl.Cl.Cl. The molecule has 1 unspecified atom stereocenters. The van der Waals surface area contributed by atoms with Gasteiger partial charge in [0.05, 0.1) is 39.7 Å². The molecule has 39 heavy (non-hydrogen) atoms. The lowest BCUT2D eigenvalue weighted by Gasteiger charge is -2.25. The molecule has 0 aromatic heterocycles. The van der Waals surface area contributed by atoms with Gasteiger partial charge in [0.15, 0.2) is 0 Å². The van der Waals surface area contributed by atoms with Crippen molar-refractivity contribution in [1.82, 2.24) is 4.90 Å². The van der Waals surface area contributed by atoms with Crippen LogP contribution in [0.2, 0.25) is 0 Å². The molecule has 1 aromatic carbocycles. The van der Waals surface area contributed by atoms with E-state index in [1.807, 2.05) is 24.3 Å². The highest BCUT2D eigenvalue weighted by Gasteiger charge is 2.25. The van der Waals surface area contributed by atoms with Gasteiger partial charge in [0.1, 0.15) is 5.75 Å². The van der Waals surface area contributed by atoms with E-state index in [1.165, 1.54) is 32.1 Å². The van der Waals surface area contributed by atoms with Gasteiger partial charge in [0.25, 0.3) is 0 Å². The third-order valence-electron chi connectivity index (χ3n) is 6.03. The summed E-state index contributed by atoms with van der Waals surface area (Å²) in [7, 11) is -1.58. The van der Waals surface area contributed by atoms with Crippen LogP contribution in [-0.2, 0) is 25.0 Å². The van der Waals surface area contributed by atoms with Gasteiger partial charge in [-0.1, -0.05) is 57.6 Å². The normalized spacial score (nSPS) is 12.2. The van der Waals surface area contributed by atoms with Gasteiger partial charge in [-0.05, 0) is 63.1 Å². The summed E-state index contributed by atoms with van der Waals surface area (Å²) in [6.07, 6.45) is 10.4. The monoisotopic (exact) mass is 637 g/mol. The van der Waals surface area contributed by atoms with Crippen LogP contribution in [0, 0.1) is 0 Å². The molecule has 0 amide bonds. The van der Waals surface area contributed by atoms with E-state index in [-0.39, 0.29) is 43.8 Å². The van der Waals surface area contributed by atoms with E-state index in [4.69, 9.17) is 30.0 Å². The minimum Gasteiger partial charge on any atom is -0.497 e. The van der Waals surface area contributed by atoms with Crippen LogP contribution < -0.4 is 16.2 Å². The second-order valence-corrected chi connectivity index (χ2v) is 11.3.